The van der Waals surface area contributed by atoms with Gasteiger partial charge in [-0.15, -0.1) is 0 Å². The van der Waals surface area contributed by atoms with Gasteiger partial charge in [-0.3, -0.25) is 0 Å². The van der Waals surface area contributed by atoms with Crippen LogP contribution < -0.4 is 5.32 Å². The molecule has 2 rings (SSSR count). The van der Waals surface area contributed by atoms with Gasteiger partial charge in [-0.2, -0.15) is 0 Å². The van der Waals surface area contributed by atoms with E-state index in [9.17, 15) is 5.11 Å². The normalized spacial score (nSPS) is 12.2. The summed E-state index contributed by atoms with van der Waals surface area (Å²) >= 11 is 3.44. The standard InChI is InChI=1S/C16H18BrNO2/c1-20-11-12-4-2-5-13(8-12)16(10-19)18-15-7-3-6-14(17)9-15/h2-9,16,18-19H,10-11H2,1H3. The van der Waals surface area contributed by atoms with Crippen molar-refractivity contribution in [2.75, 3.05) is 19.0 Å². The van der Waals surface area contributed by atoms with Crippen LogP contribution in [0.4, 0.5) is 5.69 Å². The van der Waals surface area contributed by atoms with Crippen LogP contribution in [-0.2, 0) is 11.3 Å². The van der Waals surface area contributed by atoms with E-state index in [1.54, 1.807) is 7.11 Å². The monoisotopic (exact) mass is 335 g/mol. The molecule has 0 aliphatic rings. The second-order valence-electron chi connectivity index (χ2n) is 4.57. The van der Waals surface area contributed by atoms with E-state index in [-0.39, 0.29) is 12.6 Å². The summed E-state index contributed by atoms with van der Waals surface area (Å²) in [6, 6.07) is 15.8. The number of aliphatic hydroxyl groups is 1. The van der Waals surface area contributed by atoms with Crippen molar-refractivity contribution in [1.82, 2.24) is 0 Å². The second kappa shape index (κ2) is 7.43. The molecule has 0 heterocycles. The molecule has 0 radical (unpaired) electrons. The minimum atomic E-state index is -0.138. The zero-order valence-corrected chi connectivity index (χ0v) is 12.9. The molecule has 0 aliphatic carbocycles. The highest BCUT2D eigenvalue weighted by molar-refractivity contribution is 9.10. The molecular weight excluding hydrogens is 318 g/mol. The molecule has 0 fully saturated rings. The van der Waals surface area contributed by atoms with Crippen LogP contribution in [0.1, 0.15) is 17.2 Å². The van der Waals surface area contributed by atoms with Crippen LogP contribution >= 0.6 is 15.9 Å². The van der Waals surface area contributed by atoms with Gasteiger partial charge >= 0.3 is 0 Å². The van der Waals surface area contributed by atoms with E-state index in [4.69, 9.17) is 4.74 Å². The lowest BCUT2D eigenvalue weighted by atomic mass is 10.0. The molecule has 0 amide bonds. The molecule has 1 unspecified atom stereocenters. The zero-order valence-electron chi connectivity index (χ0n) is 11.3. The highest BCUT2D eigenvalue weighted by Crippen LogP contribution is 2.22. The van der Waals surface area contributed by atoms with Gasteiger partial charge in [-0.1, -0.05) is 46.3 Å². The van der Waals surface area contributed by atoms with Crippen LogP contribution in [0.2, 0.25) is 0 Å². The van der Waals surface area contributed by atoms with Gasteiger partial charge in [-0.25, -0.2) is 0 Å². The van der Waals surface area contributed by atoms with Crippen LogP contribution in [-0.4, -0.2) is 18.8 Å². The average Bonchev–Trinajstić information content (AvgIpc) is 2.45. The van der Waals surface area contributed by atoms with Crippen LogP contribution in [0, 0.1) is 0 Å². The lowest BCUT2D eigenvalue weighted by molar-refractivity contribution is 0.184. The predicted molar refractivity (Wildman–Crippen MR) is 84.7 cm³/mol. The third kappa shape index (κ3) is 4.07. The first kappa shape index (κ1) is 15.0. The van der Waals surface area contributed by atoms with Crippen molar-refractivity contribution in [2.24, 2.45) is 0 Å². The second-order valence-corrected chi connectivity index (χ2v) is 5.48. The van der Waals surface area contributed by atoms with Gasteiger partial charge in [-0.05, 0) is 29.3 Å². The smallest absolute Gasteiger partial charge is 0.0745 e. The summed E-state index contributed by atoms with van der Waals surface area (Å²) in [5.41, 5.74) is 3.11. The van der Waals surface area contributed by atoms with Gasteiger partial charge in [0.05, 0.1) is 19.3 Å². The summed E-state index contributed by atoms with van der Waals surface area (Å²) in [6.45, 7) is 0.603. The van der Waals surface area contributed by atoms with Gasteiger partial charge < -0.3 is 15.2 Å². The van der Waals surface area contributed by atoms with Crippen LogP contribution in [0.15, 0.2) is 53.0 Å². The number of halogens is 1. The number of hydrogen-bond acceptors (Lipinski definition) is 3. The molecule has 0 saturated carbocycles. The van der Waals surface area contributed by atoms with Crippen molar-refractivity contribution in [3.8, 4) is 0 Å². The van der Waals surface area contributed by atoms with E-state index < -0.39 is 0 Å². The van der Waals surface area contributed by atoms with Gasteiger partial charge in [0.15, 0.2) is 0 Å². The molecule has 106 valence electrons. The Morgan fingerprint density at radius 3 is 2.70 bits per heavy atom. The number of benzene rings is 2. The Balaban J connectivity index is 2.17. The minimum Gasteiger partial charge on any atom is -0.394 e. The van der Waals surface area contributed by atoms with Crippen LogP contribution in [0.5, 0.6) is 0 Å². The predicted octanol–water partition coefficient (Wildman–Crippen LogP) is 3.74. The van der Waals surface area contributed by atoms with Crippen LogP contribution in [0.3, 0.4) is 0 Å². The fourth-order valence-corrected chi connectivity index (χ4v) is 2.48. The zero-order chi connectivity index (χ0) is 14.4. The summed E-state index contributed by atoms with van der Waals surface area (Å²) in [7, 11) is 1.68. The van der Waals surface area contributed by atoms with E-state index in [0.717, 1.165) is 21.3 Å². The Morgan fingerprint density at radius 2 is 2.00 bits per heavy atom. The summed E-state index contributed by atoms with van der Waals surface area (Å²) in [6.07, 6.45) is 0. The van der Waals surface area contributed by atoms with Gasteiger partial charge in [0.1, 0.15) is 0 Å². The molecule has 4 heteroatoms. The number of aliphatic hydroxyl groups excluding tert-OH is 1. The molecule has 2 aromatic rings. The molecule has 0 aliphatic heterocycles. The molecule has 20 heavy (non-hydrogen) atoms. The number of nitrogens with one attached hydrogen (secondary N) is 1. The maximum absolute atomic E-state index is 9.63. The van der Waals surface area contributed by atoms with Crippen molar-refractivity contribution in [3.63, 3.8) is 0 Å². The molecule has 0 bridgehead atoms. The lowest BCUT2D eigenvalue weighted by Gasteiger charge is -2.19. The largest absolute Gasteiger partial charge is 0.394 e. The number of anilines is 1. The average molecular weight is 336 g/mol. The Hall–Kier alpha value is -1.36. The SMILES string of the molecule is COCc1cccc(C(CO)Nc2cccc(Br)c2)c1. The first-order valence-corrected chi connectivity index (χ1v) is 7.23. The third-order valence-corrected chi connectivity index (χ3v) is 3.51. The minimum absolute atomic E-state index is 0.0307. The Kier molecular flexibility index (Phi) is 5.59. The van der Waals surface area contributed by atoms with E-state index >= 15 is 0 Å². The van der Waals surface area contributed by atoms with Crippen molar-refractivity contribution >= 4 is 21.6 Å². The molecule has 3 nitrogen and oxygen atoms in total. The van der Waals surface area contributed by atoms with E-state index in [0.29, 0.717) is 6.61 Å². The van der Waals surface area contributed by atoms with Gasteiger partial charge in [0.2, 0.25) is 0 Å². The van der Waals surface area contributed by atoms with Crippen LogP contribution in [0.25, 0.3) is 0 Å². The quantitative estimate of drug-likeness (QED) is 0.844. The highest BCUT2D eigenvalue weighted by atomic mass is 79.9. The molecule has 0 spiro atoms. The maximum atomic E-state index is 9.63. The van der Waals surface area contributed by atoms with Gasteiger partial charge in [0.25, 0.3) is 0 Å². The molecule has 2 N–H and O–H groups in total. The van der Waals surface area contributed by atoms with Crippen molar-refractivity contribution in [2.45, 2.75) is 12.6 Å². The summed E-state index contributed by atoms with van der Waals surface area (Å²) < 4.78 is 6.15. The van der Waals surface area contributed by atoms with E-state index in [1.165, 1.54) is 0 Å². The fraction of sp³-hybridized carbons (Fsp3) is 0.250. The molecule has 0 aromatic heterocycles. The number of ether oxygens (including phenoxy) is 1. The first-order valence-electron chi connectivity index (χ1n) is 6.43. The van der Waals surface area contributed by atoms with Crippen molar-refractivity contribution in [3.05, 3.63) is 64.1 Å². The molecule has 0 saturated heterocycles. The Bertz CT molecular complexity index is 560. The number of hydrogen-bond donors (Lipinski definition) is 2. The van der Waals surface area contributed by atoms with E-state index in [1.807, 2.05) is 42.5 Å². The first-order chi connectivity index (χ1) is 9.72. The topological polar surface area (TPSA) is 41.5 Å². The number of methoxy groups -OCH3 is 1. The number of rotatable bonds is 6. The molecule has 2 aromatic carbocycles. The summed E-state index contributed by atoms with van der Waals surface area (Å²) in [5.74, 6) is 0. The van der Waals surface area contributed by atoms with E-state index in [2.05, 4.69) is 27.3 Å². The van der Waals surface area contributed by atoms with Crippen molar-refractivity contribution < 1.29 is 9.84 Å². The highest BCUT2D eigenvalue weighted by Gasteiger charge is 2.10. The Morgan fingerprint density at radius 1 is 1.20 bits per heavy atom. The lowest BCUT2D eigenvalue weighted by Crippen LogP contribution is -2.15. The molecule has 1 atom stereocenters. The van der Waals surface area contributed by atoms with Gasteiger partial charge in [0, 0.05) is 17.3 Å². The van der Waals surface area contributed by atoms with Crippen molar-refractivity contribution in [1.29, 1.82) is 0 Å². The summed E-state index contributed by atoms with van der Waals surface area (Å²) in [4.78, 5) is 0. The maximum Gasteiger partial charge on any atom is 0.0745 e. The fourth-order valence-electron chi connectivity index (χ4n) is 2.08. The summed E-state index contributed by atoms with van der Waals surface area (Å²) in [5, 5.41) is 13.0. The Labute approximate surface area is 127 Å². The molecular formula is C16H18BrNO2. The third-order valence-electron chi connectivity index (χ3n) is 3.01.